The lowest BCUT2D eigenvalue weighted by Crippen LogP contribution is -2.00. The first-order valence-electron chi connectivity index (χ1n) is 5.56. The molecule has 2 aromatic rings. The minimum Gasteiger partial charge on any atom is -0.146 e. The molecular formula is C14H13Br3S. The highest BCUT2D eigenvalue weighted by atomic mass is 79.9. The molecule has 96 valence electrons. The first-order valence-corrected chi connectivity index (χ1v) is 8.94. The molecule has 1 heterocycles. The molecule has 0 aliphatic rings. The number of hydrogen-bond donors (Lipinski definition) is 0. The number of hydrogen-bond acceptors (Lipinski definition) is 1. The summed E-state index contributed by atoms with van der Waals surface area (Å²) in [5.41, 5.74) is 5.29. The van der Waals surface area contributed by atoms with E-state index in [-0.39, 0.29) is 4.83 Å². The van der Waals surface area contributed by atoms with E-state index in [1.165, 1.54) is 36.1 Å². The normalized spacial score (nSPS) is 12.8. The lowest BCUT2D eigenvalue weighted by atomic mass is 9.97. The van der Waals surface area contributed by atoms with Gasteiger partial charge in [-0.3, -0.25) is 0 Å². The Bertz CT molecular complexity index is 587. The summed E-state index contributed by atoms with van der Waals surface area (Å²) in [5.74, 6) is 0. The van der Waals surface area contributed by atoms with Gasteiger partial charge in [0.2, 0.25) is 0 Å². The average Bonchev–Trinajstić information content (AvgIpc) is 2.72. The zero-order valence-electron chi connectivity index (χ0n) is 10.4. The van der Waals surface area contributed by atoms with E-state index in [0.29, 0.717) is 0 Å². The fraction of sp³-hybridized carbons (Fsp3) is 0.286. The maximum atomic E-state index is 3.84. The topological polar surface area (TPSA) is 0 Å². The van der Waals surface area contributed by atoms with E-state index in [2.05, 4.69) is 86.1 Å². The van der Waals surface area contributed by atoms with Gasteiger partial charge in [-0.1, -0.05) is 37.9 Å². The van der Waals surface area contributed by atoms with Gasteiger partial charge in [0, 0.05) is 13.8 Å². The monoisotopic (exact) mass is 450 g/mol. The van der Waals surface area contributed by atoms with Crippen LogP contribution < -0.4 is 0 Å². The second kappa shape index (κ2) is 5.78. The molecule has 1 aromatic carbocycles. The summed E-state index contributed by atoms with van der Waals surface area (Å²) in [7, 11) is 0. The summed E-state index contributed by atoms with van der Waals surface area (Å²) >= 11 is 12.9. The molecule has 0 fully saturated rings. The fourth-order valence-electron chi connectivity index (χ4n) is 2.18. The molecule has 0 aliphatic heterocycles. The maximum absolute atomic E-state index is 3.84. The van der Waals surface area contributed by atoms with Crippen LogP contribution >= 0.6 is 59.1 Å². The zero-order chi connectivity index (χ0) is 13.4. The minimum atomic E-state index is 0.240. The Hall–Kier alpha value is 0.360. The van der Waals surface area contributed by atoms with Crippen molar-refractivity contribution in [3.8, 4) is 0 Å². The van der Waals surface area contributed by atoms with E-state index in [1.54, 1.807) is 11.3 Å². The number of rotatable bonds is 2. The van der Waals surface area contributed by atoms with Gasteiger partial charge in [-0.2, -0.15) is 0 Å². The molecule has 18 heavy (non-hydrogen) atoms. The number of aryl methyl sites for hydroxylation is 2. The van der Waals surface area contributed by atoms with E-state index < -0.39 is 0 Å². The molecule has 1 unspecified atom stereocenters. The summed E-state index contributed by atoms with van der Waals surface area (Å²) in [6, 6.07) is 4.34. The van der Waals surface area contributed by atoms with Crippen LogP contribution in [0.4, 0.5) is 0 Å². The van der Waals surface area contributed by atoms with Gasteiger partial charge in [0.1, 0.15) is 0 Å². The number of thiophene rings is 1. The minimum absolute atomic E-state index is 0.240. The van der Waals surface area contributed by atoms with Crippen molar-refractivity contribution in [2.24, 2.45) is 0 Å². The van der Waals surface area contributed by atoms with Gasteiger partial charge in [0.25, 0.3) is 0 Å². The Morgan fingerprint density at radius 1 is 1.11 bits per heavy atom. The Morgan fingerprint density at radius 2 is 1.78 bits per heavy atom. The third-order valence-corrected chi connectivity index (χ3v) is 7.44. The standard InChI is InChI=1S/C14H13Br3S/c1-7-6-8(2)12(16)9(3)11(7)13(17)14-10(15)4-5-18-14/h4-6,13H,1-3H3. The Morgan fingerprint density at radius 3 is 2.33 bits per heavy atom. The molecule has 0 nitrogen and oxygen atoms in total. The Kier molecular flexibility index (Phi) is 4.74. The molecule has 0 amide bonds. The maximum Gasteiger partial charge on any atom is 0.0754 e. The van der Waals surface area contributed by atoms with Gasteiger partial charge in [-0.25, -0.2) is 0 Å². The molecule has 4 heteroatoms. The van der Waals surface area contributed by atoms with Crippen LogP contribution in [0, 0.1) is 20.8 Å². The van der Waals surface area contributed by atoms with Crippen LogP contribution in [0.2, 0.25) is 0 Å². The molecule has 0 spiro atoms. The summed E-state index contributed by atoms with van der Waals surface area (Å²) in [5, 5.41) is 2.11. The highest BCUT2D eigenvalue weighted by Gasteiger charge is 2.20. The first kappa shape index (κ1) is 14.8. The molecule has 0 radical (unpaired) electrons. The molecule has 0 bridgehead atoms. The van der Waals surface area contributed by atoms with Crippen LogP contribution in [0.15, 0.2) is 26.5 Å². The summed E-state index contributed by atoms with van der Waals surface area (Å²) in [6.45, 7) is 6.49. The van der Waals surface area contributed by atoms with Crippen molar-refractivity contribution in [1.29, 1.82) is 0 Å². The van der Waals surface area contributed by atoms with E-state index in [0.717, 1.165) is 0 Å². The Balaban J connectivity index is 2.59. The molecule has 1 atom stereocenters. The van der Waals surface area contributed by atoms with Crippen LogP contribution in [-0.4, -0.2) is 0 Å². The van der Waals surface area contributed by atoms with E-state index in [4.69, 9.17) is 0 Å². The van der Waals surface area contributed by atoms with Crippen molar-refractivity contribution in [2.75, 3.05) is 0 Å². The Labute approximate surface area is 137 Å². The van der Waals surface area contributed by atoms with Crippen LogP contribution in [0.25, 0.3) is 0 Å². The van der Waals surface area contributed by atoms with Crippen molar-refractivity contribution >= 4 is 59.1 Å². The highest BCUT2D eigenvalue weighted by Crippen LogP contribution is 2.43. The van der Waals surface area contributed by atoms with Crippen LogP contribution in [-0.2, 0) is 0 Å². The van der Waals surface area contributed by atoms with Crippen molar-refractivity contribution < 1.29 is 0 Å². The molecule has 0 saturated carbocycles. The average molecular weight is 453 g/mol. The second-order valence-corrected chi connectivity index (χ2v) is 7.87. The number of alkyl halides is 1. The van der Waals surface area contributed by atoms with Crippen LogP contribution in [0.1, 0.15) is 32.0 Å². The van der Waals surface area contributed by atoms with Crippen molar-refractivity contribution in [1.82, 2.24) is 0 Å². The molecule has 0 saturated heterocycles. The molecule has 2 rings (SSSR count). The van der Waals surface area contributed by atoms with Gasteiger partial charge in [0.05, 0.1) is 4.83 Å². The van der Waals surface area contributed by atoms with Crippen LogP contribution in [0.3, 0.4) is 0 Å². The van der Waals surface area contributed by atoms with Crippen molar-refractivity contribution in [3.63, 3.8) is 0 Å². The smallest absolute Gasteiger partial charge is 0.0754 e. The van der Waals surface area contributed by atoms with Gasteiger partial charge in [0.15, 0.2) is 0 Å². The van der Waals surface area contributed by atoms with E-state index >= 15 is 0 Å². The molecule has 0 aliphatic carbocycles. The predicted molar refractivity (Wildman–Crippen MR) is 91.1 cm³/mol. The number of benzene rings is 1. The largest absolute Gasteiger partial charge is 0.146 e. The zero-order valence-corrected chi connectivity index (χ0v) is 15.9. The number of halogens is 3. The van der Waals surface area contributed by atoms with Gasteiger partial charge >= 0.3 is 0 Å². The van der Waals surface area contributed by atoms with Crippen molar-refractivity contribution in [3.05, 3.63) is 53.6 Å². The van der Waals surface area contributed by atoms with Crippen LogP contribution in [0.5, 0.6) is 0 Å². The van der Waals surface area contributed by atoms with Crippen molar-refractivity contribution in [2.45, 2.75) is 25.6 Å². The third kappa shape index (κ3) is 2.62. The predicted octanol–water partition coefficient (Wildman–Crippen LogP) is 6.68. The SMILES string of the molecule is Cc1cc(C)c(C(Br)c2sccc2Br)c(C)c1Br. The fourth-order valence-corrected chi connectivity index (χ4v) is 5.68. The van der Waals surface area contributed by atoms with Gasteiger partial charge in [-0.05, 0) is 70.4 Å². The van der Waals surface area contributed by atoms with E-state index in [9.17, 15) is 0 Å². The molecular weight excluding hydrogens is 440 g/mol. The summed E-state index contributed by atoms with van der Waals surface area (Å²) in [6.07, 6.45) is 0. The second-order valence-electron chi connectivity index (χ2n) is 4.36. The molecule has 0 N–H and O–H groups in total. The van der Waals surface area contributed by atoms with E-state index in [1.807, 2.05) is 0 Å². The van der Waals surface area contributed by atoms with Gasteiger partial charge < -0.3 is 0 Å². The summed E-state index contributed by atoms with van der Waals surface area (Å²) in [4.78, 5) is 1.56. The quantitative estimate of drug-likeness (QED) is 0.445. The van der Waals surface area contributed by atoms with Gasteiger partial charge in [-0.15, -0.1) is 11.3 Å². The third-order valence-electron chi connectivity index (χ3n) is 3.07. The molecule has 1 aromatic heterocycles. The highest BCUT2D eigenvalue weighted by molar-refractivity contribution is 9.11. The summed E-state index contributed by atoms with van der Waals surface area (Å²) < 4.78 is 2.38. The first-order chi connectivity index (χ1) is 8.43. The lowest BCUT2D eigenvalue weighted by Gasteiger charge is -2.18. The lowest BCUT2D eigenvalue weighted by molar-refractivity contribution is 1.11.